The average Bonchev–Trinajstić information content (AvgIpc) is 2.50. The monoisotopic (exact) mass is 213 g/mol. The Hall–Kier alpha value is -1.59. The summed E-state index contributed by atoms with van der Waals surface area (Å²) < 4.78 is 0. The number of nitrogens with one attached hydrogen (secondary N) is 3. The number of rotatable bonds is 3. The molecule has 0 aromatic heterocycles. The van der Waals surface area contributed by atoms with E-state index < -0.39 is 6.04 Å². The van der Waals surface area contributed by atoms with E-state index in [0.29, 0.717) is 13.0 Å². The van der Waals surface area contributed by atoms with Crippen LogP contribution in [0.15, 0.2) is 0 Å². The van der Waals surface area contributed by atoms with Crippen LogP contribution in [0, 0.1) is 0 Å². The van der Waals surface area contributed by atoms with Gasteiger partial charge in [0.1, 0.15) is 6.04 Å². The maximum Gasteiger partial charge on any atom is 0.242 e. The molecule has 1 aliphatic heterocycles. The summed E-state index contributed by atoms with van der Waals surface area (Å²) in [5.74, 6) is -0.586. The van der Waals surface area contributed by atoms with Crippen LogP contribution in [0.4, 0.5) is 0 Å². The molecule has 0 aromatic rings. The van der Waals surface area contributed by atoms with Crippen molar-refractivity contribution in [3.05, 3.63) is 0 Å². The Morgan fingerprint density at radius 2 is 2.20 bits per heavy atom. The largest absolute Gasteiger partial charge is 0.354 e. The fourth-order valence-corrected chi connectivity index (χ4v) is 1.40. The second-order valence-corrected chi connectivity index (χ2v) is 3.64. The molecular formula is C9H15N3O3. The molecule has 6 nitrogen and oxygen atoms in total. The summed E-state index contributed by atoms with van der Waals surface area (Å²) in [6.45, 7) is 3.41. The molecule has 1 rings (SSSR count). The highest BCUT2D eigenvalue weighted by molar-refractivity contribution is 5.87. The van der Waals surface area contributed by atoms with Crippen molar-refractivity contribution in [3.63, 3.8) is 0 Å². The molecule has 1 saturated heterocycles. The fourth-order valence-electron chi connectivity index (χ4n) is 1.40. The van der Waals surface area contributed by atoms with Crippen LogP contribution in [0.5, 0.6) is 0 Å². The average molecular weight is 213 g/mol. The zero-order valence-electron chi connectivity index (χ0n) is 8.79. The molecule has 0 aromatic carbocycles. The summed E-state index contributed by atoms with van der Waals surface area (Å²) in [6.07, 6.45) is 0.304. The maximum absolute atomic E-state index is 11.5. The lowest BCUT2D eigenvalue weighted by Gasteiger charge is -2.15. The molecule has 1 fully saturated rings. The second-order valence-electron chi connectivity index (χ2n) is 3.64. The van der Waals surface area contributed by atoms with Gasteiger partial charge < -0.3 is 16.0 Å². The number of carbonyl (C=O) groups is 3. The van der Waals surface area contributed by atoms with E-state index in [4.69, 9.17) is 0 Å². The third-order valence-corrected chi connectivity index (χ3v) is 2.14. The van der Waals surface area contributed by atoms with Gasteiger partial charge in [0.15, 0.2) is 0 Å². The van der Waals surface area contributed by atoms with Gasteiger partial charge in [0.25, 0.3) is 0 Å². The first-order valence-electron chi connectivity index (χ1n) is 4.83. The molecule has 15 heavy (non-hydrogen) atoms. The molecular weight excluding hydrogens is 198 g/mol. The topological polar surface area (TPSA) is 87.3 Å². The summed E-state index contributed by atoms with van der Waals surface area (Å²) in [4.78, 5) is 33.0. The molecule has 0 aliphatic carbocycles. The maximum atomic E-state index is 11.5. The van der Waals surface area contributed by atoms with Crippen molar-refractivity contribution in [1.29, 1.82) is 0 Å². The summed E-state index contributed by atoms with van der Waals surface area (Å²) >= 11 is 0. The lowest BCUT2D eigenvalue weighted by molar-refractivity contribution is -0.128. The van der Waals surface area contributed by atoms with Gasteiger partial charge in [-0.15, -0.1) is 0 Å². The van der Waals surface area contributed by atoms with Gasteiger partial charge in [0, 0.05) is 19.9 Å². The fraction of sp³-hybridized carbons (Fsp3) is 0.667. The van der Waals surface area contributed by atoms with Gasteiger partial charge in [-0.05, 0) is 6.92 Å². The van der Waals surface area contributed by atoms with Crippen molar-refractivity contribution in [3.8, 4) is 0 Å². The van der Waals surface area contributed by atoms with E-state index in [-0.39, 0.29) is 23.8 Å². The number of hydrogen-bond acceptors (Lipinski definition) is 3. The van der Waals surface area contributed by atoms with Crippen molar-refractivity contribution in [2.75, 3.05) is 6.54 Å². The standard InChI is InChI=1S/C9H15N3O3/c1-5(11-6(2)13)9(15)12-7-3-8(14)10-4-7/h5,7H,3-4H2,1-2H3,(H,10,14)(H,11,13)(H,12,15)/t5-,7-/m0/s1. The molecule has 1 heterocycles. The Kier molecular flexibility index (Phi) is 3.65. The van der Waals surface area contributed by atoms with Gasteiger partial charge in [0.2, 0.25) is 17.7 Å². The van der Waals surface area contributed by atoms with Crippen LogP contribution in [0.3, 0.4) is 0 Å². The van der Waals surface area contributed by atoms with Gasteiger partial charge >= 0.3 is 0 Å². The molecule has 0 radical (unpaired) electrons. The van der Waals surface area contributed by atoms with Crippen LogP contribution in [0.25, 0.3) is 0 Å². The van der Waals surface area contributed by atoms with Crippen LogP contribution in [0.1, 0.15) is 20.3 Å². The van der Waals surface area contributed by atoms with E-state index in [2.05, 4.69) is 16.0 Å². The molecule has 1 aliphatic rings. The van der Waals surface area contributed by atoms with Crippen LogP contribution in [0.2, 0.25) is 0 Å². The molecule has 2 atom stereocenters. The van der Waals surface area contributed by atoms with Crippen molar-refractivity contribution < 1.29 is 14.4 Å². The van der Waals surface area contributed by atoms with E-state index >= 15 is 0 Å². The Labute approximate surface area is 87.8 Å². The van der Waals surface area contributed by atoms with Crippen LogP contribution in [-0.2, 0) is 14.4 Å². The van der Waals surface area contributed by atoms with Gasteiger partial charge in [-0.1, -0.05) is 0 Å². The Morgan fingerprint density at radius 3 is 2.67 bits per heavy atom. The first kappa shape index (κ1) is 11.5. The number of amides is 3. The van der Waals surface area contributed by atoms with E-state index in [9.17, 15) is 14.4 Å². The first-order valence-corrected chi connectivity index (χ1v) is 4.83. The predicted octanol–water partition coefficient (Wildman–Crippen LogP) is -1.48. The van der Waals surface area contributed by atoms with E-state index in [1.165, 1.54) is 6.92 Å². The van der Waals surface area contributed by atoms with E-state index in [1.54, 1.807) is 6.92 Å². The predicted molar refractivity (Wildman–Crippen MR) is 52.8 cm³/mol. The molecule has 0 saturated carbocycles. The molecule has 6 heteroatoms. The first-order chi connectivity index (χ1) is 6.99. The van der Waals surface area contributed by atoms with Gasteiger partial charge in [0.05, 0.1) is 6.04 Å². The van der Waals surface area contributed by atoms with Crippen molar-refractivity contribution in [2.24, 2.45) is 0 Å². The van der Waals surface area contributed by atoms with Crippen molar-refractivity contribution in [2.45, 2.75) is 32.4 Å². The minimum absolute atomic E-state index is 0.0625. The van der Waals surface area contributed by atoms with E-state index in [0.717, 1.165) is 0 Å². The van der Waals surface area contributed by atoms with Crippen LogP contribution in [-0.4, -0.2) is 36.3 Å². The van der Waals surface area contributed by atoms with Gasteiger partial charge in [-0.25, -0.2) is 0 Å². The van der Waals surface area contributed by atoms with Gasteiger partial charge in [-0.2, -0.15) is 0 Å². The summed E-state index contributed by atoms with van der Waals surface area (Å²) in [7, 11) is 0. The Balaban J connectivity index is 2.35. The smallest absolute Gasteiger partial charge is 0.242 e. The van der Waals surface area contributed by atoms with Crippen molar-refractivity contribution >= 4 is 17.7 Å². The minimum Gasteiger partial charge on any atom is -0.354 e. The molecule has 0 unspecified atom stereocenters. The lowest BCUT2D eigenvalue weighted by Crippen LogP contribution is -2.48. The Bertz CT molecular complexity index is 290. The summed E-state index contributed by atoms with van der Waals surface area (Å²) in [6, 6.07) is -0.737. The Morgan fingerprint density at radius 1 is 1.53 bits per heavy atom. The highest BCUT2D eigenvalue weighted by Crippen LogP contribution is 1.99. The number of carbonyl (C=O) groups excluding carboxylic acids is 3. The quantitative estimate of drug-likeness (QED) is 0.534. The lowest BCUT2D eigenvalue weighted by atomic mass is 10.2. The summed E-state index contributed by atoms with van der Waals surface area (Å²) in [5.41, 5.74) is 0. The zero-order valence-corrected chi connectivity index (χ0v) is 8.79. The van der Waals surface area contributed by atoms with Crippen LogP contribution < -0.4 is 16.0 Å². The third kappa shape index (κ3) is 3.57. The second kappa shape index (κ2) is 4.77. The zero-order chi connectivity index (χ0) is 11.4. The highest BCUT2D eigenvalue weighted by atomic mass is 16.2. The van der Waals surface area contributed by atoms with E-state index in [1.807, 2.05) is 0 Å². The number of hydrogen-bond donors (Lipinski definition) is 3. The third-order valence-electron chi connectivity index (χ3n) is 2.14. The van der Waals surface area contributed by atoms with Gasteiger partial charge in [-0.3, -0.25) is 14.4 Å². The minimum atomic E-state index is -0.571. The summed E-state index contributed by atoms with van der Waals surface area (Å²) in [5, 5.41) is 7.76. The molecule has 0 bridgehead atoms. The highest BCUT2D eigenvalue weighted by Gasteiger charge is 2.24. The van der Waals surface area contributed by atoms with Crippen LogP contribution >= 0.6 is 0 Å². The molecule has 84 valence electrons. The molecule has 0 spiro atoms. The normalized spacial score (nSPS) is 21.7. The van der Waals surface area contributed by atoms with Crippen molar-refractivity contribution in [1.82, 2.24) is 16.0 Å². The SMILES string of the molecule is CC(=O)N[C@@H](C)C(=O)N[C@@H]1CNC(=O)C1. The molecule has 3 amide bonds. The molecule has 3 N–H and O–H groups in total.